The predicted octanol–water partition coefficient (Wildman–Crippen LogP) is 6.30. The zero-order chi connectivity index (χ0) is 20.1. The van der Waals surface area contributed by atoms with Crippen molar-refractivity contribution in [3.05, 3.63) is 64.0 Å². The highest BCUT2D eigenvalue weighted by Crippen LogP contribution is 2.27. The molecular formula is C22H23ClN2O2S. The smallest absolute Gasteiger partial charge is 0.264 e. The van der Waals surface area contributed by atoms with Gasteiger partial charge in [0, 0.05) is 16.0 Å². The standard InChI is InChI=1S/C22H23ClN2O2S/c1-4-14(2)16-5-7-17(8-6-16)19-13-28-22(24-19)25-21(26)12-27-20-10-9-18(23)11-15(20)3/h5-11,13-14H,4,12H2,1-3H3,(H,24,25,26). The largest absolute Gasteiger partial charge is 0.483 e. The van der Waals surface area contributed by atoms with E-state index in [-0.39, 0.29) is 12.5 Å². The molecule has 28 heavy (non-hydrogen) atoms. The third-order valence-electron chi connectivity index (χ3n) is 4.63. The summed E-state index contributed by atoms with van der Waals surface area (Å²) in [6.07, 6.45) is 1.11. The van der Waals surface area contributed by atoms with Crippen LogP contribution in [0.15, 0.2) is 47.8 Å². The van der Waals surface area contributed by atoms with E-state index in [0.29, 0.717) is 21.8 Å². The van der Waals surface area contributed by atoms with E-state index >= 15 is 0 Å². The van der Waals surface area contributed by atoms with Crippen molar-refractivity contribution in [2.24, 2.45) is 0 Å². The Bertz CT molecular complexity index is 953. The molecule has 1 N–H and O–H groups in total. The van der Waals surface area contributed by atoms with Crippen molar-refractivity contribution in [3.63, 3.8) is 0 Å². The summed E-state index contributed by atoms with van der Waals surface area (Å²) in [4.78, 5) is 16.7. The molecule has 0 bridgehead atoms. The van der Waals surface area contributed by atoms with Gasteiger partial charge in [0.25, 0.3) is 5.91 Å². The summed E-state index contributed by atoms with van der Waals surface area (Å²) in [5.74, 6) is 0.937. The number of aromatic nitrogens is 1. The molecule has 6 heteroatoms. The maximum absolute atomic E-state index is 12.2. The zero-order valence-electron chi connectivity index (χ0n) is 16.2. The second kappa shape index (κ2) is 9.22. The number of rotatable bonds is 7. The van der Waals surface area contributed by atoms with E-state index in [1.54, 1.807) is 18.2 Å². The van der Waals surface area contributed by atoms with Crippen molar-refractivity contribution in [1.29, 1.82) is 0 Å². The molecule has 4 nitrogen and oxygen atoms in total. The monoisotopic (exact) mass is 414 g/mol. The van der Waals surface area contributed by atoms with E-state index in [4.69, 9.17) is 16.3 Å². The van der Waals surface area contributed by atoms with Crippen molar-refractivity contribution in [1.82, 2.24) is 4.98 Å². The minimum atomic E-state index is -0.248. The Labute approximate surface area is 174 Å². The molecule has 1 aromatic heterocycles. The molecule has 0 spiro atoms. The summed E-state index contributed by atoms with van der Waals surface area (Å²) in [6.45, 7) is 6.21. The Hall–Kier alpha value is -2.37. The van der Waals surface area contributed by atoms with Gasteiger partial charge in [-0.2, -0.15) is 0 Å². The molecule has 1 unspecified atom stereocenters. The van der Waals surface area contributed by atoms with Crippen LogP contribution in [0.1, 0.15) is 37.3 Å². The number of hydrogen-bond acceptors (Lipinski definition) is 4. The quantitative estimate of drug-likeness (QED) is 0.493. The summed E-state index contributed by atoms with van der Waals surface area (Å²) in [5, 5.41) is 5.93. The SMILES string of the molecule is CCC(C)c1ccc(-c2csc(NC(=O)COc3ccc(Cl)cc3C)n2)cc1. The molecular weight excluding hydrogens is 392 g/mol. The van der Waals surface area contributed by atoms with Crippen LogP contribution in [0, 0.1) is 6.92 Å². The normalized spacial score (nSPS) is 11.9. The first-order valence-corrected chi connectivity index (χ1v) is 10.5. The molecule has 1 atom stereocenters. The summed E-state index contributed by atoms with van der Waals surface area (Å²) in [5.41, 5.74) is 4.10. The Morgan fingerprint density at radius 3 is 2.68 bits per heavy atom. The number of carbonyl (C=O) groups is 1. The Kier molecular flexibility index (Phi) is 6.70. The fourth-order valence-electron chi connectivity index (χ4n) is 2.76. The summed E-state index contributed by atoms with van der Waals surface area (Å²) in [7, 11) is 0. The van der Waals surface area contributed by atoms with Crippen molar-refractivity contribution < 1.29 is 9.53 Å². The van der Waals surface area contributed by atoms with Gasteiger partial charge >= 0.3 is 0 Å². The Balaban J connectivity index is 1.58. The first kappa shape index (κ1) is 20.4. The van der Waals surface area contributed by atoms with Crippen LogP contribution in [0.25, 0.3) is 11.3 Å². The van der Waals surface area contributed by atoms with Crippen LogP contribution < -0.4 is 10.1 Å². The highest BCUT2D eigenvalue weighted by molar-refractivity contribution is 7.14. The zero-order valence-corrected chi connectivity index (χ0v) is 17.7. The highest BCUT2D eigenvalue weighted by atomic mass is 35.5. The molecule has 146 valence electrons. The number of halogens is 1. The van der Waals surface area contributed by atoms with Gasteiger partial charge in [0.2, 0.25) is 0 Å². The average Bonchev–Trinajstić information content (AvgIpc) is 3.15. The van der Waals surface area contributed by atoms with Crippen LogP contribution in [0.2, 0.25) is 5.02 Å². The highest BCUT2D eigenvalue weighted by Gasteiger charge is 2.10. The lowest BCUT2D eigenvalue weighted by molar-refractivity contribution is -0.118. The van der Waals surface area contributed by atoms with Gasteiger partial charge in [-0.05, 0) is 48.6 Å². The number of nitrogens with one attached hydrogen (secondary N) is 1. The molecule has 3 rings (SSSR count). The fourth-order valence-corrected chi connectivity index (χ4v) is 3.72. The number of anilines is 1. The summed E-state index contributed by atoms with van der Waals surface area (Å²) >= 11 is 7.33. The number of nitrogens with zero attached hydrogens (tertiary/aromatic N) is 1. The Morgan fingerprint density at radius 2 is 2.00 bits per heavy atom. The van der Waals surface area contributed by atoms with Crippen LogP contribution in [-0.2, 0) is 4.79 Å². The van der Waals surface area contributed by atoms with E-state index in [1.165, 1.54) is 16.9 Å². The Morgan fingerprint density at radius 1 is 1.25 bits per heavy atom. The number of thiazole rings is 1. The molecule has 1 amide bonds. The summed E-state index contributed by atoms with van der Waals surface area (Å²) in [6, 6.07) is 13.7. The van der Waals surface area contributed by atoms with E-state index in [9.17, 15) is 4.79 Å². The van der Waals surface area contributed by atoms with Crippen molar-refractivity contribution in [2.45, 2.75) is 33.1 Å². The maximum atomic E-state index is 12.2. The fraction of sp³-hybridized carbons (Fsp3) is 0.273. The first-order chi connectivity index (χ1) is 13.5. The molecule has 0 aliphatic heterocycles. The molecule has 0 saturated heterocycles. The number of aryl methyl sites for hydroxylation is 1. The minimum Gasteiger partial charge on any atom is -0.483 e. The maximum Gasteiger partial charge on any atom is 0.264 e. The lowest BCUT2D eigenvalue weighted by Gasteiger charge is -2.09. The van der Waals surface area contributed by atoms with Crippen molar-refractivity contribution in [3.8, 4) is 17.0 Å². The topological polar surface area (TPSA) is 51.2 Å². The van der Waals surface area contributed by atoms with Gasteiger partial charge < -0.3 is 4.74 Å². The van der Waals surface area contributed by atoms with Crippen LogP contribution in [0.3, 0.4) is 0 Å². The molecule has 0 fully saturated rings. The van der Waals surface area contributed by atoms with Gasteiger partial charge in [-0.1, -0.05) is 49.7 Å². The number of hydrogen-bond donors (Lipinski definition) is 1. The lowest BCUT2D eigenvalue weighted by Crippen LogP contribution is -2.20. The number of amides is 1. The number of benzene rings is 2. The van der Waals surface area contributed by atoms with Gasteiger partial charge in [0.15, 0.2) is 11.7 Å². The molecule has 0 aliphatic rings. The minimum absolute atomic E-state index is 0.0824. The third-order valence-corrected chi connectivity index (χ3v) is 5.63. The van der Waals surface area contributed by atoms with E-state index in [2.05, 4.69) is 48.4 Å². The van der Waals surface area contributed by atoms with Crippen molar-refractivity contribution in [2.75, 3.05) is 11.9 Å². The first-order valence-electron chi connectivity index (χ1n) is 9.21. The average molecular weight is 415 g/mol. The lowest BCUT2D eigenvalue weighted by atomic mass is 9.97. The van der Waals surface area contributed by atoms with Crippen LogP contribution in [0.5, 0.6) is 5.75 Å². The van der Waals surface area contributed by atoms with Crippen molar-refractivity contribution >= 4 is 34.0 Å². The molecule has 2 aromatic carbocycles. The second-order valence-corrected chi connectivity index (χ2v) is 8.01. The predicted molar refractivity (Wildman–Crippen MR) is 117 cm³/mol. The molecule has 0 radical (unpaired) electrons. The van der Waals surface area contributed by atoms with Gasteiger partial charge in [-0.15, -0.1) is 11.3 Å². The van der Waals surface area contributed by atoms with Crippen LogP contribution in [-0.4, -0.2) is 17.5 Å². The van der Waals surface area contributed by atoms with Gasteiger partial charge in [-0.3, -0.25) is 10.1 Å². The van der Waals surface area contributed by atoms with E-state index in [0.717, 1.165) is 23.2 Å². The summed E-state index contributed by atoms with van der Waals surface area (Å²) < 4.78 is 5.57. The van der Waals surface area contributed by atoms with Crippen LogP contribution >= 0.6 is 22.9 Å². The van der Waals surface area contributed by atoms with Crippen LogP contribution in [0.4, 0.5) is 5.13 Å². The van der Waals surface area contributed by atoms with Gasteiger partial charge in [0.1, 0.15) is 5.75 Å². The molecule has 1 heterocycles. The third kappa shape index (κ3) is 5.12. The molecule has 3 aromatic rings. The van der Waals surface area contributed by atoms with E-state index < -0.39 is 0 Å². The van der Waals surface area contributed by atoms with E-state index in [1.807, 2.05) is 12.3 Å². The molecule has 0 saturated carbocycles. The number of carbonyl (C=O) groups excluding carboxylic acids is 1. The van der Waals surface area contributed by atoms with Gasteiger partial charge in [-0.25, -0.2) is 4.98 Å². The second-order valence-electron chi connectivity index (χ2n) is 6.72. The molecule has 0 aliphatic carbocycles. The number of ether oxygens (including phenoxy) is 1. The van der Waals surface area contributed by atoms with Gasteiger partial charge in [0.05, 0.1) is 5.69 Å².